The van der Waals surface area contributed by atoms with Gasteiger partial charge in [0.05, 0.1) is 6.04 Å². The van der Waals surface area contributed by atoms with Crippen LogP contribution in [0.1, 0.15) is 34.8 Å². The molecule has 26 heavy (non-hydrogen) atoms. The van der Waals surface area contributed by atoms with Gasteiger partial charge in [0.25, 0.3) is 5.91 Å². The lowest BCUT2D eigenvalue weighted by atomic mass is 10.0. The van der Waals surface area contributed by atoms with Gasteiger partial charge in [-0.15, -0.1) is 0 Å². The predicted molar refractivity (Wildman–Crippen MR) is 106 cm³/mol. The van der Waals surface area contributed by atoms with Crippen LogP contribution < -0.4 is 5.32 Å². The van der Waals surface area contributed by atoms with Crippen molar-refractivity contribution in [2.45, 2.75) is 18.9 Å². The highest BCUT2D eigenvalue weighted by atomic mass is 16.1. The largest absolute Gasteiger partial charge is 0.350 e. The van der Waals surface area contributed by atoms with Crippen LogP contribution in [-0.2, 0) is 0 Å². The van der Waals surface area contributed by atoms with Crippen molar-refractivity contribution < 1.29 is 4.79 Å². The van der Waals surface area contributed by atoms with E-state index in [-0.39, 0.29) is 11.9 Å². The zero-order valence-electron chi connectivity index (χ0n) is 14.9. The summed E-state index contributed by atoms with van der Waals surface area (Å²) in [6.45, 7) is 2.83. The second-order valence-electron chi connectivity index (χ2n) is 6.91. The minimum Gasteiger partial charge on any atom is -0.350 e. The Morgan fingerprint density at radius 3 is 2.38 bits per heavy atom. The van der Waals surface area contributed by atoms with Crippen molar-refractivity contribution >= 4 is 16.7 Å². The standard InChI is InChI=1S/C23H24N2O/c26-23(21-14-8-12-18-9-4-5-13-20(18)21)24-17-22(25-15-6-7-16-25)19-10-2-1-3-11-19/h1-5,8-14,22H,6-7,15-17H2,(H,24,26)/t22-/m0/s1. The lowest BCUT2D eigenvalue weighted by molar-refractivity contribution is 0.0939. The number of rotatable bonds is 5. The lowest BCUT2D eigenvalue weighted by Crippen LogP contribution is -2.36. The Labute approximate surface area is 154 Å². The van der Waals surface area contributed by atoms with Gasteiger partial charge >= 0.3 is 0 Å². The number of likely N-dealkylation sites (tertiary alicyclic amines) is 1. The van der Waals surface area contributed by atoms with E-state index >= 15 is 0 Å². The molecule has 1 fully saturated rings. The van der Waals surface area contributed by atoms with E-state index in [2.05, 4.69) is 34.5 Å². The number of fused-ring (bicyclic) bond motifs is 1. The molecule has 3 aromatic carbocycles. The van der Waals surface area contributed by atoms with Crippen molar-refractivity contribution in [3.8, 4) is 0 Å². The van der Waals surface area contributed by atoms with Crippen molar-refractivity contribution in [3.05, 3.63) is 83.9 Å². The molecule has 3 nitrogen and oxygen atoms in total. The van der Waals surface area contributed by atoms with Crippen molar-refractivity contribution in [2.24, 2.45) is 0 Å². The molecule has 4 rings (SSSR count). The van der Waals surface area contributed by atoms with Crippen LogP contribution in [0.5, 0.6) is 0 Å². The molecule has 0 aromatic heterocycles. The second-order valence-corrected chi connectivity index (χ2v) is 6.91. The molecule has 0 saturated carbocycles. The van der Waals surface area contributed by atoms with E-state index in [1.165, 1.54) is 18.4 Å². The third-order valence-corrected chi connectivity index (χ3v) is 5.26. The molecule has 0 spiro atoms. The van der Waals surface area contributed by atoms with Gasteiger partial charge in [0.2, 0.25) is 0 Å². The Morgan fingerprint density at radius 1 is 0.885 bits per heavy atom. The summed E-state index contributed by atoms with van der Waals surface area (Å²) in [6, 6.07) is 24.7. The van der Waals surface area contributed by atoms with Gasteiger partial charge in [-0.05, 0) is 48.3 Å². The first kappa shape index (κ1) is 16.8. The van der Waals surface area contributed by atoms with Gasteiger partial charge in [-0.3, -0.25) is 9.69 Å². The quantitative estimate of drug-likeness (QED) is 0.744. The summed E-state index contributed by atoms with van der Waals surface area (Å²) in [7, 11) is 0. The van der Waals surface area contributed by atoms with E-state index in [1.807, 2.05) is 48.5 Å². The van der Waals surface area contributed by atoms with Crippen molar-refractivity contribution in [2.75, 3.05) is 19.6 Å². The Hall–Kier alpha value is -2.65. The highest BCUT2D eigenvalue weighted by molar-refractivity contribution is 6.07. The topological polar surface area (TPSA) is 32.3 Å². The Morgan fingerprint density at radius 2 is 1.58 bits per heavy atom. The zero-order chi connectivity index (χ0) is 17.8. The normalized spacial score (nSPS) is 15.8. The first-order valence-electron chi connectivity index (χ1n) is 9.38. The van der Waals surface area contributed by atoms with Gasteiger partial charge in [-0.1, -0.05) is 66.7 Å². The molecule has 0 aliphatic carbocycles. The minimum absolute atomic E-state index is 0.00179. The highest BCUT2D eigenvalue weighted by Crippen LogP contribution is 2.25. The van der Waals surface area contributed by atoms with Crippen LogP contribution in [0.2, 0.25) is 0 Å². The molecular formula is C23H24N2O. The summed E-state index contributed by atoms with van der Waals surface area (Å²) < 4.78 is 0. The van der Waals surface area contributed by atoms with E-state index in [9.17, 15) is 4.79 Å². The Bertz CT molecular complexity index is 880. The van der Waals surface area contributed by atoms with E-state index in [0.717, 1.165) is 29.4 Å². The van der Waals surface area contributed by atoms with Gasteiger partial charge in [0.1, 0.15) is 0 Å². The van der Waals surface area contributed by atoms with Crippen LogP contribution >= 0.6 is 0 Å². The van der Waals surface area contributed by atoms with Crippen molar-refractivity contribution in [3.63, 3.8) is 0 Å². The highest BCUT2D eigenvalue weighted by Gasteiger charge is 2.24. The first-order chi connectivity index (χ1) is 12.8. The van der Waals surface area contributed by atoms with Crippen LogP contribution in [0.25, 0.3) is 10.8 Å². The molecule has 3 aromatic rings. The summed E-state index contributed by atoms with van der Waals surface area (Å²) in [5, 5.41) is 5.29. The summed E-state index contributed by atoms with van der Waals surface area (Å²) in [5.41, 5.74) is 2.02. The number of amides is 1. The van der Waals surface area contributed by atoms with Crippen LogP contribution in [0.3, 0.4) is 0 Å². The number of nitrogens with one attached hydrogen (secondary N) is 1. The van der Waals surface area contributed by atoms with Crippen LogP contribution in [-0.4, -0.2) is 30.4 Å². The molecule has 0 bridgehead atoms. The monoisotopic (exact) mass is 344 g/mol. The van der Waals surface area contributed by atoms with E-state index in [1.54, 1.807) is 0 Å². The van der Waals surface area contributed by atoms with Gasteiger partial charge in [-0.2, -0.15) is 0 Å². The first-order valence-corrected chi connectivity index (χ1v) is 9.38. The molecule has 1 aliphatic rings. The summed E-state index contributed by atoms with van der Waals surface area (Å²) in [5.74, 6) is 0.00179. The summed E-state index contributed by atoms with van der Waals surface area (Å²) in [4.78, 5) is 15.4. The molecule has 1 atom stereocenters. The fourth-order valence-electron chi connectivity index (χ4n) is 3.89. The second kappa shape index (κ2) is 7.71. The molecule has 0 radical (unpaired) electrons. The van der Waals surface area contributed by atoms with Crippen LogP contribution in [0, 0.1) is 0 Å². The lowest BCUT2D eigenvalue weighted by Gasteiger charge is -2.28. The number of carbonyl (C=O) groups is 1. The fourth-order valence-corrected chi connectivity index (χ4v) is 3.89. The van der Waals surface area contributed by atoms with Crippen molar-refractivity contribution in [1.29, 1.82) is 0 Å². The average Bonchev–Trinajstić information content (AvgIpc) is 3.23. The zero-order valence-corrected chi connectivity index (χ0v) is 14.9. The van der Waals surface area contributed by atoms with Crippen LogP contribution in [0.15, 0.2) is 72.8 Å². The maximum absolute atomic E-state index is 12.9. The average molecular weight is 344 g/mol. The van der Waals surface area contributed by atoms with Gasteiger partial charge < -0.3 is 5.32 Å². The van der Waals surface area contributed by atoms with Gasteiger partial charge in [0, 0.05) is 12.1 Å². The number of benzene rings is 3. The summed E-state index contributed by atoms with van der Waals surface area (Å²) in [6.07, 6.45) is 2.47. The molecule has 1 amide bonds. The third kappa shape index (κ3) is 3.49. The van der Waals surface area contributed by atoms with Crippen molar-refractivity contribution in [1.82, 2.24) is 10.2 Å². The van der Waals surface area contributed by atoms with E-state index in [0.29, 0.717) is 6.54 Å². The Balaban J connectivity index is 1.54. The molecule has 1 N–H and O–H groups in total. The van der Waals surface area contributed by atoms with Gasteiger partial charge in [0.15, 0.2) is 0 Å². The van der Waals surface area contributed by atoms with E-state index < -0.39 is 0 Å². The van der Waals surface area contributed by atoms with Gasteiger partial charge in [-0.25, -0.2) is 0 Å². The van der Waals surface area contributed by atoms with E-state index in [4.69, 9.17) is 0 Å². The molecule has 1 aliphatic heterocycles. The third-order valence-electron chi connectivity index (χ3n) is 5.26. The minimum atomic E-state index is 0.00179. The number of hydrogen-bond acceptors (Lipinski definition) is 2. The smallest absolute Gasteiger partial charge is 0.251 e. The maximum atomic E-state index is 12.9. The number of carbonyl (C=O) groups excluding carboxylic acids is 1. The maximum Gasteiger partial charge on any atom is 0.251 e. The molecule has 1 heterocycles. The van der Waals surface area contributed by atoms with Crippen LogP contribution in [0.4, 0.5) is 0 Å². The molecule has 3 heteroatoms. The summed E-state index contributed by atoms with van der Waals surface area (Å²) >= 11 is 0. The predicted octanol–water partition coefficient (Wildman–Crippen LogP) is 4.41. The SMILES string of the molecule is O=C(NC[C@@H](c1ccccc1)N1CCCC1)c1cccc2ccccc12. The number of hydrogen-bond donors (Lipinski definition) is 1. The fraction of sp³-hybridized carbons (Fsp3) is 0.261. The number of nitrogens with zero attached hydrogens (tertiary/aromatic N) is 1. The molecule has 132 valence electrons. The Kier molecular flexibility index (Phi) is 4.98. The molecule has 0 unspecified atom stereocenters. The molecular weight excluding hydrogens is 320 g/mol. The molecule has 1 saturated heterocycles.